The molecule has 0 fully saturated rings. The summed E-state index contributed by atoms with van der Waals surface area (Å²) < 4.78 is 0.388. The fraction of sp³-hybridized carbons (Fsp3) is 0. The third kappa shape index (κ3) is 4.26. The molecule has 8 heteroatoms. The fourth-order valence-corrected chi connectivity index (χ4v) is 1.55. The van der Waals surface area contributed by atoms with Gasteiger partial charge < -0.3 is 15.6 Å². The second kappa shape index (κ2) is 6.26. The smallest absolute Gasteiger partial charge is 0.328 e. The first-order valence-electron chi connectivity index (χ1n) is 4.65. The van der Waals surface area contributed by atoms with Gasteiger partial charge in [-0.25, -0.2) is 10.0 Å². The summed E-state index contributed by atoms with van der Waals surface area (Å²) in [7, 11) is 0. The highest BCUT2D eigenvalue weighted by Crippen LogP contribution is 2.24. The minimum absolute atomic E-state index is 0.0703. The van der Waals surface area contributed by atoms with Crippen molar-refractivity contribution in [3.8, 4) is 0 Å². The number of nitrogens with one attached hydrogen (secondary N) is 2. The molecule has 96 valence electrons. The monoisotopic (exact) mass is 316 g/mol. The number of aliphatic carboxylic acids is 1. The molecule has 0 aromatic heterocycles. The van der Waals surface area contributed by atoms with Crippen LogP contribution in [0.25, 0.3) is 0 Å². The second-order valence-electron chi connectivity index (χ2n) is 3.16. The maximum absolute atomic E-state index is 11.3. The zero-order valence-corrected chi connectivity index (χ0v) is 10.5. The van der Waals surface area contributed by atoms with Gasteiger partial charge in [0.15, 0.2) is 5.69 Å². The first-order valence-corrected chi connectivity index (χ1v) is 5.44. The summed E-state index contributed by atoms with van der Waals surface area (Å²) in [5.41, 5.74) is 0.418. The van der Waals surface area contributed by atoms with Crippen molar-refractivity contribution in [2.24, 2.45) is 0 Å². The Balaban J connectivity index is 2.80. The number of halogens is 1. The Morgan fingerprint density at radius 3 is 2.56 bits per heavy atom. The van der Waals surface area contributed by atoms with Crippen molar-refractivity contribution in [1.82, 2.24) is 0 Å². The molecule has 1 atom stereocenters. The van der Waals surface area contributed by atoms with Crippen molar-refractivity contribution < 1.29 is 25.1 Å². The third-order valence-electron chi connectivity index (χ3n) is 1.85. The SMILES string of the molecule is O=C(O)C=CC(=O)Nc1ccc([NH+]([O-])O)cc1Br. The number of amides is 1. The number of carboxylic acid groups (broad SMARTS) is 1. The number of benzene rings is 1. The highest BCUT2D eigenvalue weighted by atomic mass is 79.9. The minimum atomic E-state index is -1.23. The molecular weight excluding hydrogens is 308 g/mol. The fourth-order valence-electron chi connectivity index (χ4n) is 1.07. The normalized spacial score (nSPS) is 12.4. The second-order valence-corrected chi connectivity index (χ2v) is 4.01. The summed E-state index contributed by atoms with van der Waals surface area (Å²) in [6.07, 6.45) is 1.56. The van der Waals surface area contributed by atoms with Crippen molar-refractivity contribution in [1.29, 1.82) is 0 Å². The quantitative estimate of drug-likeness (QED) is 0.475. The topological polar surface area (TPSA) is 114 Å². The summed E-state index contributed by atoms with van der Waals surface area (Å²) in [4.78, 5) is 21.5. The van der Waals surface area contributed by atoms with Gasteiger partial charge in [0.05, 0.1) is 5.69 Å². The molecule has 1 aromatic rings. The van der Waals surface area contributed by atoms with Gasteiger partial charge in [0.2, 0.25) is 5.91 Å². The average molecular weight is 317 g/mol. The van der Waals surface area contributed by atoms with Gasteiger partial charge in [-0.1, -0.05) is 0 Å². The van der Waals surface area contributed by atoms with E-state index in [9.17, 15) is 14.8 Å². The maximum atomic E-state index is 11.3. The van der Waals surface area contributed by atoms with Crippen LogP contribution in [0.5, 0.6) is 0 Å². The lowest BCUT2D eigenvalue weighted by Gasteiger charge is -2.13. The number of carboxylic acids is 1. The lowest BCUT2D eigenvalue weighted by Crippen LogP contribution is -2.99. The van der Waals surface area contributed by atoms with Crippen LogP contribution in [0.1, 0.15) is 0 Å². The molecule has 1 rings (SSSR count). The van der Waals surface area contributed by atoms with Crippen LogP contribution in [0.4, 0.5) is 11.4 Å². The molecule has 0 saturated heterocycles. The summed E-state index contributed by atoms with van der Waals surface area (Å²) in [6.45, 7) is 0. The Morgan fingerprint density at radius 2 is 2.06 bits per heavy atom. The number of rotatable bonds is 4. The van der Waals surface area contributed by atoms with Crippen molar-refractivity contribution in [2.45, 2.75) is 0 Å². The third-order valence-corrected chi connectivity index (χ3v) is 2.51. The molecule has 4 N–H and O–H groups in total. The molecule has 1 amide bonds. The Labute approximate surface area is 110 Å². The van der Waals surface area contributed by atoms with E-state index in [-0.39, 0.29) is 5.69 Å². The molecule has 0 aliphatic rings. The molecule has 1 aromatic carbocycles. The molecule has 0 spiro atoms. The summed E-state index contributed by atoms with van der Waals surface area (Å²) in [5, 5.41) is 29.1. The van der Waals surface area contributed by atoms with E-state index < -0.39 is 17.1 Å². The van der Waals surface area contributed by atoms with E-state index in [1.54, 1.807) is 0 Å². The molecule has 7 nitrogen and oxygen atoms in total. The van der Waals surface area contributed by atoms with Crippen LogP contribution in [-0.2, 0) is 9.59 Å². The predicted octanol–water partition coefficient (Wildman–Crippen LogP) is 0.432. The number of hydrogen-bond donors (Lipinski definition) is 4. The summed E-state index contributed by atoms with van der Waals surface area (Å²) in [6, 6.07) is 4.06. The molecule has 0 heterocycles. The van der Waals surface area contributed by atoms with Crippen LogP contribution in [0.2, 0.25) is 0 Å². The zero-order chi connectivity index (χ0) is 13.7. The van der Waals surface area contributed by atoms with Crippen molar-refractivity contribution in [3.05, 3.63) is 40.0 Å². The van der Waals surface area contributed by atoms with Crippen LogP contribution in [0.3, 0.4) is 0 Å². The lowest BCUT2D eigenvalue weighted by atomic mass is 10.3. The first-order chi connectivity index (χ1) is 8.40. The van der Waals surface area contributed by atoms with E-state index in [0.717, 1.165) is 6.08 Å². The van der Waals surface area contributed by atoms with E-state index in [1.807, 2.05) is 0 Å². The van der Waals surface area contributed by atoms with Crippen molar-refractivity contribution in [2.75, 3.05) is 5.32 Å². The van der Waals surface area contributed by atoms with E-state index in [1.165, 1.54) is 18.2 Å². The number of carbonyl (C=O) groups excluding carboxylic acids is 1. The lowest BCUT2D eigenvalue weighted by molar-refractivity contribution is -0.991. The number of quaternary nitrogens is 1. The maximum Gasteiger partial charge on any atom is 0.328 e. The van der Waals surface area contributed by atoms with E-state index >= 15 is 0 Å². The van der Waals surface area contributed by atoms with E-state index in [0.29, 0.717) is 16.2 Å². The largest absolute Gasteiger partial charge is 0.595 e. The van der Waals surface area contributed by atoms with Crippen LogP contribution in [0.15, 0.2) is 34.8 Å². The Bertz CT molecular complexity index is 501. The van der Waals surface area contributed by atoms with Gasteiger partial charge in [0.25, 0.3) is 0 Å². The zero-order valence-electron chi connectivity index (χ0n) is 8.88. The Kier molecular flexibility index (Phi) is 4.98. The summed E-state index contributed by atoms with van der Waals surface area (Å²) >= 11 is 3.11. The molecule has 1 unspecified atom stereocenters. The molecule has 0 saturated carbocycles. The number of carbonyl (C=O) groups is 2. The predicted molar refractivity (Wildman–Crippen MR) is 65.3 cm³/mol. The molecule has 18 heavy (non-hydrogen) atoms. The van der Waals surface area contributed by atoms with Gasteiger partial charge in [-0.2, -0.15) is 5.23 Å². The van der Waals surface area contributed by atoms with Crippen LogP contribution >= 0.6 is 15.9 Å². The molecular formula is C10H9BrN2O5. The van der Waals surface area contributed by atoms with Crippen LogP contribution < -0.4 is 10.5 Å². The highest BCUT2D eigenvalue weighted by Gasteiger charge is 2.07. The summed E-state index contributed by atoms with van der Waals surface area (Å²) in [5.74, 6) is -1.85. The standard InChI is InChI=1S/C10H9BrN2O5/c11-7-5-6(13(17)18)1-2-8(7)12-9(14)3-4-10(15)16/h1-5,13,17H,(H,12,14)(H,15,16). The molecule has 0 bridgehead atoms. The van der Waals surface area contributed by atoms with Gasteiger partial charge in [-0.3, -0.25) is 4.79 Å². The van der Waals surface area contributed by atoms with Crippen LogP contribution in [0, 0.1) is 5.21 Å². The van der Waals surface area contributed by atoms with E-state index in [4.69, 9.17) is 10.3 Å². The molecule has 0 radical (unpaired) electrons. The Hall–Kier alpha value is -1.74. The highest BCUT2D eigenvalue weighted by molar-refractivity contribution is 9.10. The van der Waals surface area contributed by atoms with Crippen LogP contribution in [-0.4, -0.2) is 22.2 Å². The average Bonchev–Trinajstić information content (AvgIpc) is 2.29. The van der Waals surface area contributed by atoms with Crippen molar-refractivity contribution in [3.63, 3.8) is 0 Å². The first kappa shape index (κ1) is 14.3. The molecule has 0 aliphatic heterocycles. The van der Waals surface area contributed by atoms with Crippen molar-refractivity contribution >= 4 is 39.2 Å². The molecule has 0 aliphatic carbocycles. The van der Waals surface area contributed by atoms with Gasteiger partial charge in [0, 0.05) is 28.8 Å². The van der Waals surface area contributed by atoms with Gasteiger partial charge in [-0.15, -0.1) is 0 Å². The van der Waals surface area contributed by atoms with Gasteiger partial charge in [-0.05, 0) is 22.0 Å². The van der Waals surface area contributed by atoms with Gasteiger partial charge >= 0.3 is 5.97 Å². The number of anilines is 1. The van der Waals surface area contributed by atoms with Gasteiger partial charge in [0.1, 0.15) is 0 Å². The Morgan fingerprint density at radius 1 is 1.39 bits per heavy atom. The van der Waals surface area contributed by atoms with E-state index in [2.05, 4.69) is 21.2 Å². The minimum Gasteiger partial charge on any atom is -0.595 e. The number of hydrogen-bond acceptors (Lipinski definition) is 4.